The number of carbonyl (C=O) groups is 2. The Morgan fingerprint density at radius 1 is 1.16 bits per heavy atom. The zero-order valence-corrected chi connectivity index (χ0v) is 15.6. The molecule has 0 unspecified atom stereocenters. The molecule has 4 rings (SSSR count). The van der Waals surface area contributed by atoms with Gasteiger partial charge in [-0.25, -0.2) is 0 Å². The number of carboxylic acids is 1. The molecule has 0 aromatic carbocycles. The van der Waals surface area contributed by atoms with Crippen molar-refractivity contribution in [1.82, 2.24) is 5.32 Å². The van der Waals surface area contributed by atoms with E-state index in [9.17, 15) is 14.7 Å². The van der Waals surface area contributed by atoms with Crippen LogP contribution >= 0.6 is 0 Å². The second-order valence-electron chi connectivity index (χ2n) is 9.47. The molecule has 5 atom stereocenters. The predicted molar refractivity (Wildman–Crippen MR) is 95.6 cm³/mol. The summed E-state index contributed by atoms with van der Waals surface area (Å²) in [5, 5.41) is 12.9. The highest BCUT2D eigenvalue weighted by Crippen LogP contribution is 2.69. The van der Waals surface area contributed by atoms with E-state index in [2.05, 4.69) is 25.7 Å². The SMILES string of the molecule is C=C1NC(=O)C2=C1[C@]1(C)CC[C@@H]3[C@](C)(CCC[C@]3(C)C(=O)O)[C@H]1CC2. The highest BCUT2D eigenvalue weighted by molar-refractivity contribution is 6.00. The lowest BCUT2D eigenvalue weighted by Gasteiger charge is -2.63. The van der Waals surface area contributed by atoms with Gasteiger partial charge in [-0.15, -0.1) is 0 Å². The third-order valence-corrected chi connectivity index (χ3v) is 8.38. The second-order valence-corrected chi connectivity index (χ2v) is 9.47. The molecule has 0 saturated heterocycles. The van der Waals surface area contributed by atoms with Crippen molar-refractivity contribution in [2.45, 2.75) is 65.7 Å². The molecule has 0 spiro atoms. The van der Waals surface area contributed by atoms with Crippen molar-refractivity contribution >= 4 is 11.9 Å². The maximum absolute atomic E-state index is 12.3. The van der Waals surface area contributed by atoms with Crippen molar-refractivity contribution in [1.29, 1.82) is 0 Å². The van der Waals surface area contributed by atoms with Crippen LogP contribution in [0.3, 0.4) is 0 Å². The predicted octanol–water partition coefficient (Wildman–Crippen LogP) is 4.03. The van der Waals surface area contributed by atoms with Gasteiger partial charge in [-0.2, -0.15) is 0 Å². The number of nitrogens with one attached hydrogen (secondary N) is 1. The average molecular weight is 343 g/mol. The normalized spacial score (nSPS) is 46.2. The van der Waals surface area contributed by atoms with Crippen LogP contribution in [0, 0.1) is 28.1 Å². The van der Waals surface area contributed by atoms with Gasteiger partial charge >= 0.3 is 5.97 Å². The van der Waals surface area contributed by atoms with Gasteiger partial charge in [-0.3, -0.25) is 9.59 Å². The summed E-state index contributed by atoms with van der Waals surface area (Å²) in [5.41, 5.74) is 2.20. The number of aliphatic carboxylic acids is 1. The molecule has 0 aromatic heterocycles. The maximum Gasteiger partial charge on any atom is 0.309 e. The Morgan fingerprint density at radius 3 is 2.56 bits per heavy atom. The van der Waals surface area contributed by atoms with Gasteiger partial charge in [0.2, 0.25) is 0 Å². The van der Waals surface area contributed by atoms with Crippen LogP contribution in [0.5, 0.6) is 0 Å². The lowest BCUT2D eigenvalue weighted by molar-refractivity contribution is -0.174. The van der Waals surface area contributed by atoms with Gasteiger partial charge in [0, 0.05) is 11.3 Å². The lowest BCUT2D eigenvalue weighted by atomic mass is 9.40. The van der Waals surface area contributed by atoms with Crippen LogP contribution in [-0.4, -0.2) is 17.0 Å². The Balaban J connectivity index is 1.81. The molecule has 136 valence electrons. The summed E-state index contributed by atoms with van der Waals surface area (Å²) in [7, 11) is 0. The molecule has 2 saturated carbocycles. The molecule has 25 heavy (non-hydrogen) atoms. The van der Waals surface area contributed by atoms with Crippen molar-refractivity contribution in [2.24, 2.45) is 28.1 Å². The van der Waals surface area contributed by atoms with E-state index in [1.807, 2.05) is 6.92 Å². The van der Waals surface area contributed by atoms with Crippen molar-refractivity contribution in [3.63, 3.8) is 0 Å². The Labute approximate surface area is 149 Å². The van der Waals surface area contributed by atoms with Crippen molar-refractivity contribution in [3.05, 3.63) is 23.4 Å². The standard InChI is InChI=1S/C21H29NO3/c1-12-16-13(17(23)22-12)6-7-14-19(2)9-5-10-21(4,18(24)25)15(19)8-11-20(14,16)3/h14-15H,1,5-11H2,2-4H3,(H,22,23)(H,24,25)/t14-,15-,19-,20-,21+/m1/s1. The molecular formula is C21H29NO3. The summed E-state index contributed by atoms with van der Waals surface area (Å²) in [6.45, 7) is 10.7. The van der Waals surface area contributed by atoms with Crippen LogP contribution in [-0.2, 0) is 9.59 Å². The molecule has 3 aliphatic carbocycles. The molecule has 0 bridgehead atoms. The molecule has 1 amide bonds. The third kappa shape index (κ3) is 1.94. The van der Waals surface area contributed by atoms with Gasteiger partial charge in [0.1, 0.15) is 0 Å². The Morgan fingerprint density at radius 2 is 1.88 bits per heavy atom. The fraction of sp³-hybridized carbons (Fsp3) is 0.714. The number of fused-ring (bicyclic) bond motifs is 4. The van der Waals surface area contributed by atoms with E-state index in [1.165, 1.54) is 0 Å². The first-order valence-electron chi connectivity index (χ1n) is 9.62. The first-order valence-corrected chi connectivity index (χ1v) is 9.62. The Hall–Kier alpha value is -1.58. The maximum atomic E-state index is 12.3. The Kier molecular flexibility index (Phi) is 3.36. The molecule has 4 heteroatoms. The summed E-state index contributed by atoms with van der Waals surface area (Å²) < 4.78 is 0. The fourth-order valence-electron chi connectivity index (χ4n) is 7.32. The fourth-order valence-corrected chi connectivity index (χ4v) is 7.32. The molecule has 0 aromatic rings. The van der Waals surface area contributed by atoms with Gasteiger partial charge in [-0.1, -0.05) is 26.8 Å². The number of rotatable bonds is 1. The summed E-state index contributed by atoms with van der Waals surface area (Å²) in [4.78, 5) is 24.4. The van der Waals surface area contributed by atoms with Crippen LogP contribution in [0.2, 0.25) is 0 Å². The molecular weight excluding hydrogens is 314 g/mol. The van der Waals surface area contributed by atoms with Gasteiger partial charge in [0.15, 0.2) is 0 Å². The Bertz CT molecular complexity index is 723. The number of hydrogen-bond acceptors (Lipinski definition) is 2. The van der Waals surface area contributed by atoms with E-state index in [0.29, 0.717) is 5.92 Å². The van der Waals surface area contributed by atoms with Crippen molar-refractivity contribution in [2.75, 3.05) is 0 Å². The summed E-state index contributed by atoms with van der Waals surface area (Å²) in [5.74, 6) is 0.0292. The highest BCUT2D eigenvalue weighted by Gasteiger charge is 2.63. The third-order valence-electron chi connectivity index (χ3n) is 8.38. The van der Waals surface area contributed by atoms with Gasteiger partial charge in [-0.05, 0) is 73.7 Å². The minimum atomic E-state index is -0.634. The first kappa shape index (κ1) is 16.9. The van der Waals surface area contributed by atoms with E-state index in [1.54, 1.807) is 0 Å². The molecule has 0 radical (unpaired) electrons. The lowest BCUT2D eigenvalue weighted by Crippen LogP contribution is -2.58. The molecule has 1 aliphatic heterocycles. The zero-order valence-electron chi connectivity index (χ0n) is 15.6. The number of allylic oxidation sites excluding steroid dienone is 1. The van der Waals surface area contributed by atoms with E-state index < -0.39 is 11.4 Å². The topological polar surface area (TPSA) is 66.4 Å². The van der Waals surface area contributed by atoms with E-state index in [-0.39, 0.29) is 22.7 Å². The number of carbonyl (C=O) groups excluding carboxylic acids is 1. The summed E-state index contributed by atoms with van der Waals surface area (Å²) in [6, 6.07) is 0. The summed E-state index contributed by atoms with van der Waals surface area (Å²) in [6.07, 6.45) is 6.51. The monoisotopic (exact) mass is 343 g/mol. The molecule has 2 fully saturated rings. The first-order chi connectivity index (χ1) is 11.6. The van der Waals surface area contributed by atoms with Crippen LogP contribution in [0.15, 0.2) is 23.4 Å². The van der Waals surface area contributed by atoms with E-state index in [0.717, 1.165) is 61.8 Å². The van der Waals surface area contributed by atoms with E-state index >= 15 is 0 Å². The van der Waals surface area contributed by atoms with E-state index in [4.69, 9.17) is 0 Å². The number of amides is 1. The van der Waals surface area contributed by atoms with Crippen LogP contribution in [0.4, 0.5) is 0 Å². The largest absolute Gasteiger partial charge is 0.481 e. The molecule has 1 heterocycles. The molecule has 2 N–H and O–H groups in total. The molecule has 4 nitrogen and oxygen atoms in total. The second kappa shape index (κ2) is 4.99. The minimum absolute atomic E-state index is 0.0167. The average Bonchev–Trinajstić information content (AvgIpc) is 2.82. The minimum Gasteiger partial charge on any atom is -0.481 e. The summed E-state index contributed by atoms with van der Waals surface area (Å²) >= 11 is 0. The number of hydrogen-bond donors (Lipinski definition) is 2. The van der Waals surface area contributed by atoms with Gasteiger partial charge in [0.25, 0.3) is 5.91 Å². The smallest absolute Gasteiger partial charge is 0.309 e. The highest BCUT2D eigenvalue weighted by atomic mass is 16.4. The van der Waals surface area contributed by atoms with Gasteiger partial charge < -0.3 is 10.4 Å². The number of carboxylic acid groups (broad SMARTS) is 1. The van der Waals surface area contributed by atoms with Crippen LogP contribution < -0.4 is 5.32 Å². The van der Waals surface area contributed by atoms with Gasteiger partial charge in [0.05, 0.1) is 5.41 Å². The van der Waals surface area contributed by atoms with Crippen LogP contribution in [0.1, 0.15) is 65.7 Å². The quantitative estimate of drug-likeness (QED) is 0.755. The van der Waals surface area contributed by atoms with Crippen molar-refractivity contribution < 1.29 is 14.7 Å². The molecule has 4 aliphatic rings. The van der Waals surface area contributed by atoms with Crippen LogP contribution in [0.25, 0.3) is 0 Å². The van der Waals surface area contributed by atoms with Crippen molar-refractivity contribution in [3.8, 4) is 0 Å². The zero-order chi connectivity index (χ0) is 18.2.